The molecule has 138 valence electrons. The second-order valence-corrected chi connectivity index (χ2v) is 6.32. The van der Waals surface area contributed by atoms with Crippen LogP contribution in [0.15, 0.2) is 24.3 Å². The fourth-order valence-corrected chi connectivity index (χ4v) is 2.98. The molecule has 1 aromatic rings. The molecule has 0 aliphatic carbocycles. The predicted octanol–water partition coefficient (Wildman–Crippen LogP) is 0.505. The number of nitrogens with zero attached hydrogens (tertiary/aromatic N) is 1. The molecular weight excluding hydrogens is 417 g/mol. The molecule has 1 aliphatic rings. The summed E-state index contributed by atoms with van der Waals surface area (Å²) in [7, 11) is 0. The molecule has 0 unspecified atom stereocenters. The summed E-state index contributed by atoms with van der Waals surface area (Å²) in [5, 5.41) is 0. The Balaban J connectivity index is 0.00000288. The topological polar surface area (TPSA) is 27.7 Å². The molecule has 0 saturated carbocycles. The molecule has 2 rings (SSSR count). The van der Waals surface area contributed by atoms with Crippen LogP contribution in [0.5, 0.6) is 11.5 Å². The number of morpholine rings is 1. The van der Waals surface area contributed by atoms with Gasteiger partial charge in [-0.3, -0.25) is 0 Å². The van der Waals surface area contributed by atoms with Gasteiger partial charge in [0.05, 0.1) is 39.5 Å². The number of quaternary nitrogens is 1. The SMILES string of the molecule is CCCCOc1ccc(OCCC[N+]2(CC)CCOCC2)cc1.[I-]. The molecule has 0 spiro atoms. The van der Waals surface area contributed by atoms with E-state index in [1.165, 1.54) is 17.6 Å². The van der Waals surface area contributed by atoms with Crippen molar-refractivity contribution in [1.29, 1.82) is 0 Å². The van der Waals surface area contributed by atoms with Crippen molar-refractivity contribution in [3.05, 3.63) is 24.3 Å². The Morgan fingerprint density at radius 1 is 0.917 bits per heavy atom. The van der Waals surface area contributed by atoms with Crippen molar-refractivity contribution in [1.82, 2.24) is 0 Å². The smallest absolute Gasteiger partial charge is 0.119 e. The summed E-state index contributed by atoms with van der Waals surface area (Å²) >= 11 is 0. The summed E-state index contributed by atoms with van der Waals surface area (Å²) in [4.78, 5) is 0. The Morgan fingerprint density at radius 3 is 1.96 bits per heavy atom. The number of halogens is 1. The third kappa shape index (κ3) is 7.15. The minimum atomic E-state index is 0. The van der Waals surface area contributed by atoms with E-state index in [4.69, 9.17) is 14.2 Å². The standard InChI is InChI=1S/C19H32NO3.HI/c1-3-5-14-22-18-7-9-19(10-8-18)23-15-6-11-20(4-2)12-16-21-17-13-20;/h7-10H,3-6,11-17H2,1-2H3;1H/q+1;/p-1. The van der Waals surface area contributed by atoms with Gasteiger partial charge in [0.25, 0.3) is 0 Å². The number of hydrogen-bond acceptors (Lipinski definition) is 3. The highest BCUT2D eigenvalue weighted by Gasteiger charge is 2.27. The van der Waals surface area contributed by atoms with Crippen molar-refractivity contribution < 1.29 is 42.7 Å². The number of hydrogen-bond donors (Lipinski definition) is 0. The quantitative estimate of drug-likeness (QED) is 0.296. The molecule has 0 aromatic heterocycles. The van der Waals surface area contributed by atoms with Crippen LogP contribution in [0.25, 0.3) is 0 Å². The molecule has 1 aromatic carbocycles. The Bertz CT molecular complexity index is 433. The van der Waals surface area contributed by atoms with Gasteiger partial charge in [0.1, 0.15) is 24.6 Å². The van der Waals surface area contributed by atoms with E-state index in [2.05, 4.69) is 13.8 Å². The largest absolute Gasteiger partial charge is 1.00 e. The predicted molar refractivity (Wildman–Crippen MR) is 93.2 cm³/mol. The second-order valence-electron chi connectivity index (χ2n) is 6.32. The van der Waals surface area contributed by atoms with E-state index >= 15 is 0 Å². The lowest BCUT2D eigenvalue weighted by molar-refractivity contribution is -0.933. The van der Waals surface area contributed by atoms with E-state index in [1.54, 1.807) is 0 Å². The molecule has 24 heavy (non-hydrogen) atoms. The summed E-state index contributed by atoms with van der Waals surface area (Å²) < 4.78 is 18.2. The van der Waals surface area contributed by atoms with Gasteiger partial charge in [-0.15, -0.1) is 0 Å². The molecule has 5 heteroatoms. The van der Waals surface area contributed by atoms with Crippen LogP contribution in [0.1, 0.15) is 33.1 Å². The zero-order chi connectivity index (χ0) is 16.4. The van der Waals surface area contributed by atoms with Crippen LogP contribution in [0.2, 0.25) is 0 Å². The van der Waals surface area contributed by atoms with E-state index in [9.17, 15) is 0 Å². The lowest BCUT2D eigenvalue weighted by Crippen LogP contribution is -3.00. The maximum atomic E-state index is 5.87. The van der Waals surface area contributed by atoms with Crippen molar-refractivity contribution in [2.75, 3.05) is 52.6 Å². The van der Waals surface area contributed by atoms with Crippen LogP contribution < -0.4 is 33.5 Å². The molecule has 0 atom stereocenters. The fraction of sp³-hybridized carbons (Fsp3) is 0.684. The van der Waals surface area contributed by atoms with E-state index in [0.717, 1.165) is 70.3 Å². The highest BCUT2D eigenvalue weighted by molar-refractivity contribution is 5.31. The zero-order valence-electron chi connectivity index (χ0n) is 15.1. The van der Waals surface area contributed by atoms with E-state index in [1.807, 2.05) is 24.3 Å². The van der Waals surface area contributed by atoms with Crippen molar-refractivity contribution in [2.45, 2.75) is 33.1 Å². The Kier molecular flexibility index (Phi) is 10.7. The molecule has 1 heterocycles. The van der Waals surface area contributed by atoms with Crippen molar-refractivity contribution in [2.24, 2.45) is 0 Å². The zero-order valence-corrected chi connectivity index (χ0v) is 17.3. The van der Waals surface area contributed by atoms with E-state index in [0.29, 0.717) is 0 Å². The number of unbranched alkanes of at least 4 members (excludes halogenated alkanes) is 1. The second kappa shape index (κ2) is 11.9. The van der Waals surface area contributed by atoms with Crippen LogP contribution in [0.4, 0.5) is 0 Å². The van der Waals surface area contributed by atoms with Crippen LogP contribution in [-0.2, 0) is 4.74 Å². The summed E-state index contributed by atoms with van der Waals surface area (Å²) in [5.41, 5.74) is 0. The minimum Gasteiger partial charge on any atom is -1.00 e. The van der Waals surface area contributed by atoms with Gasteiger partial charge in [0.2, 0.25) is 0 Å². The highest BCUT2D eigenvalue weighted by atomic mass is 127. The van der Waals surface area contributed by atoms with Gasteiger partial charge >= 0.3 is 0 Å². The van der Waals surface area contributed by atoms with Gasteiger partial charge in [-0.25, -0.2) is 0 Å². The van der Waals surface area contributed by atoms with Crippen molar-refractivity contribution in [3.63, 3.8) is 0 Å². The summed E-state index contributed by atoms with van der Waals surface area (Å²) in [6.45, 7) is 12.5. The Hall–Kier alpha value is -0.530. The monoisotopic (exact) mass is 449 g/mol. The first-order chi connectivity index (χ1) is 11.3. The van der Waals surface area contributed by atoms with Crippen LogP contribution >= 0.6 is 0 Å². The average Bonchev–Trinajstić information content (AvgIpc) is 2.61. The Morgan fingerprint density at radius 2 is 1.46 bits per heavy atom. The van der Waals surface area contributed by atoms with E-state index < -0.39 is 0 Å². The first kappa shape index (κ1) is 21.5. The lowest BCUT2D eigenvalue weighted by atomic mass is 10.2. The first-order valence-corrected chi connectivity index (χ1v) is 9.06. The molecule has 4 nitrogen and oxygen atoms in total. The third-order valence-corrected chi connectivity index (χ3v) is 4.73. The molecule has 0 bridgehead atoms. The maximum absolute atomic E-state index is 5.87. The summed E-state index contributed by atoms with van der Waals surface area (Å²) in [5.74, 6) is 1.85. The molecular formula is C19H32INO3. The molecule has 1 fully saturated rings. The Labute approximate surface area is 164 Å². The summed E-state index contributed by atoms with van der Waals surface area (Å²) in [6.07, 6.45) is 3.34. The van der Waals surface area contributed by atoms with Crippen LogP contribution in [0, 0.1) is 0 Å². The summed E-state index contributed by atoms with van der Waals surface area (Å²) in [6, 6.07) is 7.99. The first-order valence-electron chi connectivity index (χ1n) is 9.06. The highest BCUT2D eigenvalue weighted by Crippen LogP contribution is 2.18. The van der Waals surface area contributed by atoms with Gasteiger partial charge in [0.15, 0.2) is 0 Å². The number of benzene rings is 1. The van der Waals surface area contributed by atoms with Gasteiger partial charge in [-0.05, 0) is 37.6 Å². The number of rotatable bonds is 10. The fourth-order valence-electron chi connectivity index (χ4n) is 2.98. The molecule has 0 amide bonds. The normalized spacial score (nSPS) is 16.2. The minimum absolute atomic E-state index is 0. The molecule has 1 saturated heterocycles. The number of likely N-dealkylation sites (N-methyl/N-ethyl adjacent to an activating group) is 1. The van der Waals surface area contributed by atoms with E-state index in [-0.39, 0.29) is 24.0 Å². The lowest BCUT2D eigenvalue weighted by Gasteiger charge is -2.40. The van der Waals surface area contributed by atoms with Gasteiger partial charge in [-0.2, -0.15) is 0 Å². The molecule has 0 radical (unpaired) electrons. The van der Waals surface area contributed by atoms with Gasteiger partial charge in [-0.1, -0.05) is 13.3 Å². The van der Waals surface area contributed by atoms with Crippen LogP contribution in [-0.4, -0.2) is 57.1 Å². The van der Waals surface area contributed by atoms with Gasteiger partial charge in [0, 0.05) is 6.42 Å². The number of ether oxygens (including phenoxy) is 3. The van der Waals surface area contributed by atoms with Crippen molar-refractivity contribution >= 4 is 0 Å². The third-order valence-electron chi connectivity index (χ3n) is 4.73. The average molecular weight is 449 g/mol. The van der Waals surface area contributed by atoms with Gasteiger partial charge < -0.3 is 42.7 Å². The van der Waals surface area contributed by atoms with Crippen molar-refractivity contribution in [3.8, 4) is 11.5 Å². The van der Waals surface area contributed by atoms with Crippen LogP contribution in [0.3, 0.4) is 0 Å². The molecule has 0 N–H and O–H groups in total. The molecule has 1 aliphatic heterocycles. The maximum Gasteiger partial charge on any atom is 0.119 e.